The molecule has 1 fully saturated rings. The Balaban J connectivity index is 1.83. The van der Waals surface area contributed by atoms with Gasteiger partial charge in [-0.3, -0.25) is 0 Å². The van der Waals surface area contributed by atoms with Gasteiger partial charge >= 0.3 is 0 Å². The lowest BCUT2D eigenvalue weighted by molar-refractivity contribution is -0.0462. The Morgan fingerprint density at radius 3 is 2.80 bits per heavy atom. The molecule has 0 aromatic heterocycles. The number of rotatable bonds is 0. The van der Waals surface area contributed by atoms with Gasteiger partial charge < -0.3 is 4.74 Å². The Morgan fingerprint density at radius 2 is 1.87 bits per heavy atom. The van der Waals surface area contributed by atoms with E-state index in [0.717, 1.165) is 0 Å². The van der Waals surface area contributed by atoms with Gasteiger partial charge in [0.2, 0.25) is 0 Å². The van der Waals surface area contributed by atoms with Crippen LogP contribution >= 0.6 is 15.9 Å². The predicted molar refractivity (Wildman–Crippen MR) is 64.7 cm³/mol. The second kappa shape index (κ2) is 3.76. The van der Waals surface area contributed by atoms with Crippen LogP contribution in [0.2, 0.25) is 0 Å². The molecular weight excluding hydrogens is 252 g/mol. The SMILES string of the molecule is BrC1=CC2CC3C=CC=CC3OC2C=C1. The van der Waals surface area contributed by atoms with Gasteiger partial charge in [0.15, 0.2) is 0 Å². The maximum absolute atomic E-state index is 6.05. The Hall–Kier alpha value is -0.600. The molecule has 4 atom stereocenters. The first-order valence-corrected chi connectivity index (χ1v) is 6.18. The maximum Gasteiger partial charge on any atom is 0.0830 e. The molecule has 2 heteroatoms. The summed E-state index contributed by atoms with van der Waals surface area (Å²) in [6.07, 6.45) is 16.9. The van der Waals surface area contributed by atoms with Crippen molar-refractivity contribution in [3.05, 3.63) is 47.0 Å². The van der Waals surface area contributed by atoms with Crippen molar-refractivity contribution in [2.24, 2.45) is 11.8 Å². The van der Waals surface area contributed by atoms with Gasteiger partial charge in [0, 0.05) is 16.3 Å². The minimum Gasteiger partial charge on any atom is -0.366 e. The summed E-state index contributed by atoms with van der Waals surface area (Å²) in [4.78, 5) is 0. The highest BCUT2D eigenvalue weighted by molar-refractivity contribution is 9.11. The zero-order valence-electron chi connectivity index (χ0n) is 8.34. The summed E-state index contributed by atoms with van der Waals surface area (Å²) in [6, 6.07) is 0. The van der Waals surface area contributed by atoms with Crippen molar-refractivity contribution in [3.8, 4) is 0 Å². The van der Waals surface area contributed by atoms with E-state index < -0.39 is 0 Å². The van der Waals surface area contributed by atoms with Crippen molar-refractivity contribution >= 4 is 15.9 Å². The van der Waals surface area contributed by atoms with E-state index in [1.165, 1.54) is 10.9 Å². The number of allylic oxidation sites excluding steroid dienone is 4. The van der Waals surface area contributed by atoms with Gasteiger partial charge in [-0.2, -0.15) is 0 Å². The second-order valence-electron chi connectivity index (χ2n) is 4.31. The zero-order valence-corrected chi connectivity index (χ0v) is 9.93. The first-order valence-electron chi connectivity index (χ1n) is 5.39. The van der Waals surface area contributed by atoms with E-state index in [9.17, 15) is 0 Å². The van der Waals surface area contributed by atoms with Crippen LogP contribution in [0, 0.1) is 11.8 Å². The first-order chi connectivity index (χ1) is 7.33. The zero-order chi connectivity index (χ0) is 10.3. The molecule has 0 amide bonds. The number of fused-ring (bicyclic) bond motifs is 2. The lowest BCUT2D eigenvalue weighted by Gasteiger charge is -2.39. The average molecular weight is 265 g/mol. The monoisotopic (exact) mass is 264 g/mol. The topological polar surface area (TPSA) is 9.23 Å². The highest BCUT2D eigenvalue weighted by atomic mass is 79.9. The standard InChI is InChI=1S/C13H13BrO/c14-11-5-6-13-10(8-11)7-9-3-1-2-4-12(9)15-13/h1-6,8-10,12-13H,7H2. The molecular formula is C13H13BrO. The van der Waals surface area contributed by atoms with Crippen LogP contribution in [0.3, 0.4) is 0 Å². The summed E-state index contributed by atoms with van der Waals surface area (Å²) in [5, 5.41) is 0. The van der Waals surface area contributed by atoms with Crippen LogP contribution in [0.4, 0.5) is 0 Å². The normalized spacial score (nSPS) is 42.1. The molecule has 2 aliphatic carbocycles. The van der Waals surface area contributed by atoms with Crippen LogP contribution < -0.4 is 0 Å². The summed E-state index contributed by atoms with van der Waals surface area (Å²) in [5.41, 5.74) is 0. The van der Waals surface area contributed by atoms with E-state index >= 15 is 0 Å². The molecule has 3 aliphatic rings. The lowest BCUT2D eigenvalue weighted by Crippen LogP contribution is -2.39. The molecule has 78 valence electrons. The first kappa shape index (κ1) is 9.61. The largest absolute Gasteiger partial charge is 0.366 e. The van der Waals surface area contributed by atoms with Crippen LogP contribution in [0.5, 0.6) is 0 Å². The Kier molecular flexibility index (Phi) is 2.41. The van der Waals surface area contributed by atoms with Crippen molar-refractivity contribution in [2.45, 2.75) is 18.6 Å². The predicted octanol–water partition coefficient (Wildman–Crippen LogP) is 3.35. The summed E-state index contributed by atoms with van der Waals surface area (Å²) in [6.45, 7) is 0. The van der Waals surface area contributed by atoms with E-state index in [-0.39, 0.29) is 12.2 Å². The fourth-order valence-electron chi connectivity index (χ4n) is 2.52. The van der Waals surface area contributed by atoms with Crippen LogP contribution in [0.15, 0.2) is 47.0 Å². The molecule has 1 heterocycles. The molecule has 3 rings (SSSR count). The molecule has 1 aliphatic heterocycles. The average Bonchev–Trinajstić information content (AvgIpc) is 2.26. The molecule has 0 aromatic carbocycles. The highest BCUT2D eigenvalue weighted by Gasteiger charge is 2.35. The van der Waals surface area contributed by atoms with E-state index in [1.54, 1.807) is 0 Å². The van der Waals surface area contributed by atoms with E-state index in [0.29, 0.717) is 11.8 Å². The fourth-order valence-corrected chi connectivity index (χ4v) is 3.01. The number of ether oxygens (including phenoxy) is 1. The molecule has 0 saturated carbocycles. The van der Waals surface area contributed by atoms with Gasteiger partial charge in [0.25, 0.3) is 0 Å². The number of halogens is 1. The van der Waals surface area contributed by atoms with Gasteiger partial charge in [0.05, 0.1) is 12.2 Å². The minimum absolute atomic E-state index is 0.267. The molecule has 0 bridgehead atoms. The Bertz CT molecular complexity index is 378. The second-order valence-corrected chi connectivity index (χ2v) is 5.22. The van der Waals surface area contributed by atoms with Crippen molar-refractivity contribution in [3.63, 3.8) is 0 Å². The molecule has 15 heavy (non-hydrogen) atoms. The van der Waals surface area contributed by atoms with Crippen LogP contribution in [0.25, 0.3) is 0 Å². The minimum atomic E-state index is 0.267. The Labute approximate surface area is 98.3 Å². The lowest BCUT2D eigenvalue weighted by atomic mass is 9.80. The maximum atomic E-state index is 6.05. The third-order valence-electron chi connectivity index (χ3n) is 3.29. The molecule has 0 aromatic rings. The third kappa shape index (κ3) is 1.77. The van der Waals surface area contributed by atoms with Crippen LogP contribution in [-0.4, -0.2) is 12.2 Å². The molecule has 1 nitrogen and oxygen atoms in total. The number of hydrogen-bond acceptors (Lipinski definition) is 1. The summed E-state index contributed by atoms with van der Waals surface area (Å²) >= 11 is 3.53. The van der Waals surface area contributed by atoms with E-state index in [4.69, 9.17) is 4.74 Å². The molecule has 1 saturated heterocycles. The van der Waals surface area contributed by atoms with Gasteiger partial charge in [0.1, 0.15) is 0 Å². The smallest absolute Gasteiger partial charge is 0.0830 e. The van der Waals surface area contributed by atoms with E-state index in [1.807, 2.05) is 0 Å². The molecule has 0 spiro atoms. The summed E-state index contributed by atoms with van der Waals surface area (Å²) in [7, 11) is 0. The van der Waals surface area contributed by atoms with Gasteiger partial charge in [-0.15, -0.1) is 0 Å². The van der Waals surface area contributed by atoms with Crippen LogP contribution in [0.1, 0.15) is 6.42 Å². The summed E-state index contributed by atoms with van der Waals surface area (Å²) < 4.78 is 7.23. The quantitative estimate of drug-likeness (QED) is 0.652. The molecule has 0 radical (unpaired) electrons. The van der Waals surface area contributed by atoms with Crippen molar-refractivity contribution in [1.82, 2.24) is 0 Å². The Morgan fingerprint density at radius 1 is 1.07 bits per heavy atom. The van der Waals surface area contributed by atoms with Gasteiger partial charge in [-0.05, 0) is 12.5 Å². The van der Waals surface area contributed by atoms with Gasteiger partial charge in [-0.25, -0.2) is 0 Å². The van der Waals surface area contributed by atoms with Crippen molar-refractivity contribution in [1.29, 1.82) is 0 Å². The third-order valence-corrected chi connectivity index (χ3v) is 3.82. The van der Waals surface area contributed by atoms with Crippen molar-refractivity contribution in [2.75, 3.05) is 0 Å². The number of hydrogen-bond donors (Lipinski definition) is 0. The van der Waals surface area contributed by atoms with Crippen LogP contribution in [-0.2, 0) is 4.74 Å². The van der Waals surface area contributed by atoms with Crippen molar-refractivity contribution < 1.29 is 4.74 Å². The fraction of sp³-hybridized carbons (Fsp3) is 0.385. The van der Waals surface area contributed by atoms with Gasteiger partial charge in [-0.1, -0.05) is 52.4 Å². The highest BCUT2D eigenvalue weighted by Crippen LogP contribution is 2.37. The molecule has 0 N–H and O–H groups in total. The summed E-state index contributed by atoms with van der Waals surface area (Å²) in [5.74, 6) is 1.08. The van der Waals surface area contributed by atoms with E-state index in [2.05, 4.69) is 58.5 Å². The molecule has 4 unspecified atom stereocenters.